The predicted molar refractivity (Wildman–Crippen MR) is 61.1 cm³/mol. The molecule has 1 N–H and O–H groups in total. The Morgan fingerprint density at radius 2 is 1.94 bits per heavy atom. The van der Waals surface area contributed by atoms with Crippen LogP contribution in [-0.4, -0.2) is 33.5 Å². The van der Waals surface area contributed by atoms with Gasteiger partial charge in [0.25, 0.3) is 16.0 Å². The molecular weight excluding hydrogens is 264 g/mol. The number of rotatable bonds is 3. The summed E-state index contributed by atoms with van der Waals surface area (Å²) in [5.74, 6) is -3.17. The third-order valence-electron chi connectivity index (χ3n) is 2.71. The van der Waals surface area contributed by atoms with E-state index in [9.17, 15) is 17.2 Å². The van der Waals surface area contributed by atoms with E-state index in [1.165, 1.54) is 12.1 Å². The minimum atomic E-state index is -4.15. The molecule has 0 aliphatic carbocycles. The van der Waals surface area contributed by atoms with Crippen LogP contribution < -0.4 is 5.32 Å². The van der Waals surface area contributed by atoms with E-state index in [0.717, 1.165) is 5.56 Å². The van der Waals surface area contributed by atoms with Gasteiger partial charge in [0.05, 0.1) is 11.4 Å². The van der Waals surface area contributed by atoms with E-state index >= 15 is 0 Å². The molecule has 18 heavy (non-hydrogen) atoms. The second kappa shape index (κ2) is 4.56. The fourth-order valence-electron chi connectivity index (χ4n) is 1.65. The monoisotopic (exact) mass is 277 g/mol. The van der Waals surface area contributed by atoms with Crippen LogP contribution in [0.15, 0.2) is 29.2 Å². The van der Waals surface area contributed by atoms with E-state index in [1.807, 2.05) is 0 Å². The van der Waals surface area contributed by atoms with Crippen molar-refractivity contribution in [2.75, 3.05) is 13.1 Å². The van der Waals surface area contributed by atoms with Crippen molar-refractivity contribution in [1.82, 2.24) is 5.32 Å². The molecular formula is C11H13F2NO3S. The highest BCUT2D eigenvalue weighted by Gasteiger charge is 2.47. The van der Waals surface area contributed by atoms with Crippen molar-refractivity contribution < 1.29 is 21.4 Å². The Morgan fingerprint density at radius 1 is 1.33 bits per heavy atom. The first kappa shape index (κ1) is 13.4. The van der Waals surface area contributed by atoms with E-state index < -0.39 is 28.7 Å². The molecule has 1 heterocycles. The number of halogens is 2. The van der Waals surface area contributed by atoms with Crippen molar-refractivity contribution in [2.24, 2.45) is 0 Å². The lowest BCUT2D eigenvalue weighted by Crippen LogP contribution is -2.35. The fraction of sp³-hybridized carbons (Fsp3) is 0.455. The lowest BCUT2D eigenvalue weighted by Gasteiger charge is -2.17. The van der Waals surface area contributed by atoms with E-state index in [-0.39, 0.29) is 11.4 Å². The maximum absolute atomic E-state index is 13.3. The Hall–Kier alpha value is -1.05. The van der Waals surface area contributed by atoms with Crippen molar-refractivity contribution in [1.29, 1.82) is 0 Å². The topological polar surface area (TPSA) is 55.4 Å². The van der Waals surface area contributed by atoms with Crippen LogP contribution in [0.3, 0.4) is 0 Å². The van der Waals surface area contributed by atoms with Crippen LogP contribution in [0, 0.1) is 6.92 Å². The summed E-state index contributed by atoms with van der Waals surface area (Å²) in [6.45, 7) is 1.05. The van der Waals surface area contributed by atoms with Crippen molar-refractivity contribution in [3.05, 3.63) is 29.8 Å². The summed E-state index contributed by atoms with van der Waals surface area (Å²) in [6.07, 6.45) is -1.65. The highest BCUT2D eigenvalue weighted by Crippen LogP contribution is 2.27. The van der Waals surface area contributed by atoms with E-state index in [2.05, 4.69) is 9.50 Å². The summed E-state index contributed by atoms with van der Waals surface area (Å²) in [5.41, 5.74) is 0.877. The molecule has 7 heteroatoms. The number of alkyl halides is 2. The average Bonchev–Trinajstić information content (AvgIpc) is 2.58. The zero-order chi connectivity index (χ0) is 13.4. The van der Waals surface area contributed by atoms with Crippen molar-refractivity contribution >= 4 is 10.1 Å². The van der Waals surface area contributed by atoms with E-state index in [0.29, 0.717) is 0 Å². The minimum Gasteiger partial charge on any atom is -0.308 e. The molecule has 1 aliphatic rings. The zero-order valence-electron chi connectivity index (χ0n) is 9.69. The first-order chi connectivity index (χ1) is 8.31. The van der Waals surface area contributed by atoms with Gasteiger partial charge in [0.15, 0.2) is 6.10 Å². The Balaban J connectivity index is 2.20. The number of nitrogens with one attached hydrogen (secondary N) is 1. The summed E-state index contributed by atoms with van der Waals surface area (Å²) in [7, 11) is -4.15. The molecule has 0 aromatic heterocycles. The van der Waals surface area contributed by atoms with Crippen LogP contribution in [0.25, 0.3) is 0 Å². The predicted octanol–water partition coefficient (Wildman–Crippen LogP) is 1.31. The molecule has 1 atom stereocenters. The van der Waals surface area contributed by atoms with E-state index in [1.54, 1.807) is 19.1 Å². The number of hydrogen-bond acceptors (Lipinski definition) is 4. The number of benzene rings is 1. The quantitative estimate of drug-likeness (QED) is 0.846. The molecule has 4 nitrogen and oxygen atoms in total. The second-order valence-corrected chi connectivity index (χ2v) is 5.82. The molecule has 0 bridgehead atoms. The van der Waals surface area contributed by atoms with Crippen LogP contribution in [-0.2, 0) is 14.3 Å². The van der Waals surface area contributed by atoms with Gasteiger partial charge in [0.2, 0.25) is 0 Å². The summed E-state index contributed by atoms with van der Waals surface area (Å²) in [4.78, 5) is -0.115. The van der Waals surface area contributed by atoms with Crippen LogP contribution in [0.4, 0.5) is 8.78 Å². The van der Waals surface area contributed by atoms with Crippen LogP contribution in [0.2, 0.25) is 0 Å². The van der Waals surface area contributed by atoms with E-state index in [4.69, 9.17) is 0 Å². The lowest BCUT2D eigenvalue weighted by atomic mass is 10.2. The van der Waals surface area contributed by atoms with Gasteiger partial charge < -0.3 is 5.32 Å². The maximum Gasteiger partial charge on any atom is 0.297 e. The molecule has 0 spiro atoms. The third-order valence-corrected chi connectivity index (χ3v) is 4.05. The lowest BCUT2D eigenvalue weighted by molar-refractivity contribution is -0.0575. The second-order valence-electron chi connectivity index (χ2n) is 4.24. The van der Waals surface area contributed by atoms with Gasteiger partial charge in [-0.2, -0.15) is 8.42 Å². The summed E-state index contributed by atoms with van der Waals surface area (Å²) in [5, 5.41) is 2.41. The van der Waals surface area contributed by atoms with Crippen LogP contribution in [0.5, 0.6) is 0 Å². The van der Waals surface area contributed by atoms with Gasteiger partial charge in [-0.3, -0.25) is 4.18 Å². The molecule has 1 saturated heterocycles. The van der Waals surface area contributed by atoms with Gasteiger partial charge in [-0.15, -0.1) is 0 Å². The van der Waals surface area contributed by atoms with Gasteiger partial charge in [0, 0.05) is 6.54 Å². The number of hydrogen-bond donors (Lipinski definition) is 1. The Kier molecular flexibility index (Phi) is 3.39. The number of aryl methyl sites for hydroxylation is 1. The Morgan fingerprint density at radius 3 is 2.44 bits per heavy atom. The summed E-state index contributed by atoms with van der Waals surface area (Å²) < 4.78 is 54.7. The smallest absolute Gasteiger partial charge is 0.297 e. The van der Waals surface area contributed by atoms with Crippen molar-refractivity contribution in [3.63, 3.8) is 0 Å². The highest BCUT2D eigenvalue weighted by molar-refractivity contribution is 7.86. The van der Waals surface area contributed by atoms with Gasteiger partial charge >= 0.3 is 0 Å². The molecule has 1 unspecified atom stereocenters. The molecule has 1 aromatic carbocycles. The first-order valence-electron chi connectivity index (χ1n) is 5.40. The molecule has 0 radical (unpaired) electrons. The van der Waals surface area contributed by atoms with Crippen molar-refractivity contribution in [2.45, 2.75) is 23.8 Å². The maximum atomic E-state index is 13.3. The standard InChI is InChI=1S/C11H13F2NO3S/c1-8-2-4-9(5-3-8)18(15,16)17-10-6-14-7-11(10,12)13/h2-5,10,14H,6-7H2,1H3. The largest absolute Gasteiger partial charge is 0.308 e. The Bertz CT molecular complexity index is 528. The Labute approximate surface area is 104 Å². The van der Waals surface area contributed by atoms with Crippen LogP contribution >= 0.6 is 0 Å². The highest BCUT2D eigenvalue weighted by atomic mass is 32.2. The summed E-state index contributed by atoms with van der Waals surface area (Å²) >= 11 is 0. The summed E-state index contributed by atoms with van der Waals surface area (Å²) in [6, 6.07) is 5.85. The molecule has 2 rings (SSSR count). The molecule has 1 aromatic rings. The van der Waals surface area contributed by atoms with Gasteiger partial charge in [0.1, 0.15) is 0 Å². The average molecular weight is 277 g/mol. The van der Waals surface area contributed by atoms with Gasteiger partial charge in [-0.25, -0.2) is 8.78 Å². The van der Waals surface area contributed by atoms with Gasteiger partial charge in [-0.1, -0.05) is 17.7 Å². The third kappa shape index (κ3) is 2.68. The SMILES string of the molecule is Cc1ccc(S(=O)(=O)OC2CNCC2(F)F)cc1. The molecule has 1 aliphatic heterocycles. The molecule has 0 amide bonds. The van der Waals surface area contributed by atoms with Crippen LogP contribution in [0.1, 0.15) is 5.56 Å². The van der Waals surface area contributed by atoms with Crippen molar-refractivity contribution in [3.8, 4) is 0 Å². The normalized spacial score (nSPS) is 23.2. The first-order valence-corrected chi connectivity index (χ1v) is 6.80. The minimum absolute atomic E-state index is 0.115. The molecule has 100 valence electrons. The molecule has 0 saturated carbocycles. The fourth-order valence-corrected chi connectivity index (χ4v) is 2.75. The molecule has 1 fully saturated rings. The van der Waals surface area contributed by atoms with Gasteiger partial charge in [-0.05, 0) is 19.1 Å². The zero-order valence-corrected chi connectivity index (χ0v) is 10.5.